The van der Waals surface area contributed by atoms with Crippen molar-refractivity contribution in [3.63, 3.8) is 0 Å². The maximum absolute atomic E-state index is 12.3. The number of nitrogens with two attached hydrogens (primary N) is 1. The van der Waals surface area contributed by atoms with Gasteiger partial charge in [-0.2, -0.15) is 0 Å². The second kappa shape index (κ2) is 4.82. The van der Waals surface area contributed by atoms with Gasteiger partial charge in [-0.25, -0.2) is 0 Å². The Morgan fingerprint density at radius 1 is 0.840 bits per heavy atom. The van der Waals surface area contributed by atoms with Crippen LogP contribution in [0.3, 0.4) is 0 Å². The molecule has 0 aromatic rings. The highest BCUT2D eigenvalue weighted by molar-refractivity contribution is 5.81. The molecule has 8 rings (SSSR count). The highest BCUT2D eigenvalue weighted by atomic mass is 16.3. The van der Waals surface area contributed by atoms with Gasteiger partial charge in [0, 0.05) is 12.0 Å². The molecule has 0 aliphatic heterocycles. The molecule has 0 heterocycles. The van der Waals surface area contributed by atoms with Gasteiger partial charge in [0.1, 0.15) is 0 Å². The first kappa shape index (κ1) is 15.5. The fourth-order valence-electron chi connectivity index (χ4n) is 10.2. The number of primary amides is 1. The molecule has 0 spiro atoms. The average Bonchev–Trinajstić information content (AvgIpc) is 2.55. The first-order valence-corrected chi connectivity index (χ1v) is 10.9. The van der Waals surface area contributed by atoms with E-state index >= 15 is 0 Å². The van der Waals surface area contributed by atoms with Crippen LogP contribution in [0.4, 0.5) is 0 Å². The molecule has 0 radical (unpaired) electrons. The minimum Gasteiger partial charge on any atom is -0.396 e. The smallest absolute Gasteiger partial charge is 0.223 e. The van der Waals surface area contributed by atoms with Crippen molar-refractivity contribution in [1.29, 1.82) is 0 Å². The van der Waals surface area contributed by atoms with E-state index in [-0.39, 0.29) is 16.7 Å². The summed E-state index contributed by atoms with van der Waals surface area (Å²) in [7, 11) is 0. The lowest BCUT2D eigenvalue weighted by Crippen LogP contribution is -2.63. The third kappa shape index (κ3) is 1.89. The number of fused-ring (bicyclic) bond motifs is 1. The molecule has 3 N–H and O–H groups in total. The summed E-state index contributed by atoms with van der Waals surface area (Å²) in [6, 6.07) is 0. The van der Waals surface area contributed by atoms with Crippen LogP contribution in [0.2, 0.25) is 0 Å². The van der Waals surface area contributed by atoms with Crippen molar-refractivity contribution in [2.45, 2.75) is 64.2 Å². The van der Waals surface area contributed by atoms with Crippen molar-refractivity contribution >= 4 is 5.91 Å². The highest BCUT2D eigenvalue weighted by Gasteiger charge is 2.65. The van der Waals surface area contributed by atoms with Crippen molar-refractivity contribution in [1.82, 2.24) is 0 Å². The summed E-state index contributed by atoms with van der Waals surface area (Å²) in [5.74, 6) is 6.35. The summed E-state index contributed by atoms with van der Waals surface area (Å²) in [5, 5.41) is 10.5. The molecule has 5 unspecified atom stereocenters. The van der Waals surface area contributed by atoms with E-state index in [0.29, 0.717) is 18.4 Å². The monoisotopic (exact) mass is 343 g/mol. The molecule has 5 atom stereocenters. The molecule has 8 bridgehead atoms. The van der Waals surface area contributed by atoms with Crippen LogP contribution < -0.4 is 5.73 Å². The van der Waals surface area contributed by atoms with Crippen LogP contribution in [0.1, 0.15) is 64.2 Å². The summed E-state index contributed by atoms with van der Waals surface area (Å²) in [5.41, 5.74) is 5.97. The predicted octanol–water partition coefficient (Wildman–Crippen LogP) is 3.35. The summed E-state index contributed by atoms with van der Waals surface area (Å²) >= 11 is 0. The summed E-state index contributed by atoms with van der Waals surface area (Å²) < 4.78 is 0. The molecule has 138 valence electrons. The molecule has 0 saturated heterocycles. The zero-order valence-electron chi connectivity index (χ0n) is 15.3. The van der Waals surface area contributed by atoms with Crippen molar-refractivity contribution in [2.75, 3.05) is 6.61 Å². The normalized spacial score (nSPS) is 61.0. The Hall–Kier alpha value is -0.570. The Morgan fingerprint density at radius 3 is 1.96 bits per heavy atom. The number of carbonyl (C=O) groups is 1. The lowest BCUT2D eigenvalue weighted by molar-refractivity contribution is -0.206. The molecule has 0 aromatic carbocycles. The Balaban J connectivity index is 1.38. The number of aliphatic hydroxyl groups is 1. The Bertz CT molecular complexity index is 585. The number of aliphatic hydroxyl groups excluding tert-OH is 1. The topological polar surface area (TPSA) is 63.3 Å². The lowest BCUT2D eigenvalue weighted by atomic mass is 9.36. The number of hydrogen-bond acceptors (Lipinski definition) is 2. The summed E-state index contributed by atoms with van der Waals surface area (Å²) in [6.45, 7) is 0.418. The van der Waals surface area contributed by atoms with Crippen molar-refractivity contribution < 1.29 is 9.90 Å². The van der Waals surface area contributed by atoms with Crippen LogP contribution in [-0.2, 0) is 4.79 Å². The van der Waals surface area contributed by atoms with E-state index in [9.17, 15) is 9.90 Å². The molecule has 8 fully saturated rings. The minimum absolute atomic E-state index is 0.00713. The van der Waals surface area contributed by atoms with Gasteiger partial charge in [-0.05, 0) is 117 Å². The Labute approximate surface area is 151 Å². The van der Waals surface area contributed by atoms with E-state index in [4.69, 9.17) is 5.73 Å². The number of rotatable bonds is 3. The standard InChI is InChI=1S/C22H33NO2/c23-20(25)21-6-14-4-16(9-21)18(17(5-14)10-21)19-15-2-12-1-13(3-15)8-22(19,7-12)11-24/h12-19,24H,1-11H2,(H2,23,25). The highest BCUT2D eigenvalue weighted by Crippen LogP contribution is 2.71. The van der Waals surface area contributed by atoms with Crippen LogP contribution in [0.15, 0.2) is 0 Å². The van der Waals surface area contributed by atoms with Crippen molar-refractivity contribution in [2.24, 2.45) is 63.9 Å². The van der Waals surface area contributed by atoms with Gasteiger partial charge in [0.2, 0.25) is 5.91 Å². The van der Waals surface area contributed by atoms with Crippen LogP contribution in [0.5, 0.6) is 0 Å². The quantitative estimate of drug-likeness (QED) is 0.825. The van der Waals surface area contributed by atoms with Crippen LogP contribution in [0, 0.1) is 58.2 Å². The van der Waals surface area contributed by atoms with Gasteiger partial charge in [0.05, 0.1) is 0 Å². The van der Waals surface area contributed by atoms with E-state index in [1.54, 1.807) is 0 Å². The van der Waals surface area contributed by atoms with Gasteiger partial charge < -0.3 is 10.8 Å². The molecule has 8 saturated carbocycles. The van der Waals surface area contributed by atoms with E-state index in [0.717, 1.165) is 54.8 Å². The molecule has 8 aliphatic carbocycles. The lowest BCUT2D eigenvalue weighted by Gasteiger charge is -2.68. The zero-order chi connectivity index (χ0) is 17.0. The van der Waals surface area contributed by atoms with Gasteiger partial charge in [-0.1, -0.05) is 0 Å². The Morgan fingerprint density at radius 2 is 1.40 bits per heavy atom. The van der Waals surface area contributed by atoms with Crippen LogP contribution in [0.25, 0.3) is 0 Å². The maximum Gasteiger partial charge on any atom is 0.223 e. The third-order valence-electron chi connectivity index (χ3n) is 10.1. The van der Waals surface area contributed by atoms with Crippen LogP contribution in [-0.4, -0.2) is 17.6 Å². The van der Waals surface area contributed by atoms with Crippen molar-refractivity contribution in [3.05, 3.63) is 0 Å². The molecule has 3 heteroatoms. The zero-order valence-corrected chi connectivity index (χ0v) is 15.3. The molecule has 8 aliphatic rings. The van der Waals surface area contributed by atoms with Gasteiger partial charge in [-0.3, -0.25) is 4.79 Å². The minimum atomic E-state index is -0.161. The van der Waals surface area contributed by atoms with Gasteiger partial charge in [0.15, 0.2) is 0 Å². The number of hydrogen-bond donors (Lipinski definition) is 2. The molecular formula is C22H33NO2. The largest absolute Gasteiger partial charge is 0.396 e. The summed E-state index contributed by atoms with van der Waals surface area (Å²) in [4.78, 5) is 12.3. The van der Waals surface area contributed by atoms with Crippen molar-refractivity contribution in [3.8, 4) is 0 Å². The Kier molecular flexibility index (Phi) is 2.99. The second-order valence-corrected chi connectivity index (χ2v) is 11.3. The average molecular weight is 344 g/mol. The molecule has 1 amide bonds. The van der Waals surface area contributed by atoms with Gasteiger partial charge >= 0.3 is 0 Å². The molecule has 3 nitrogen and oxygen atoms in total. The van der Waals surface area contributed by atoms with E-state index in [2.05, 4.69) is 0 Å². The number of carbonyl (C=O) groups excluding carboxylic acids is 1. The van der Waals surface area contributed by atoms with E-state index < -0.39 is 0 Å². The van der Waals surface area contributed by atoms with Crippen LogP contribution >= 0.6 is 0 Å². The van der Waals surface area contributed by atoms with E-state index in [1.807, 2.05) is 0 Å². The first-order chi connectivity index (χ1) is 12.0. The molecular weight excluding hydrogens is 310 g/mol. The SMILES string of the molecule is NC(=O)C12CC3CC(C1)C(C1C4CC5CC(C4)CC1(CO)C5)C(C3)C2. The molecule has 25 heavy (non-hydrogen) atoms. The fraction of sp³-hybridized carbons (Fsp3) is 0.955. The summed E-state index contributed by atoms with van der Waals surface area (Å²) in [6.07, 6.45) is 12.8. The van der Waals surface area contributed by atoms with Gasteiger partial charge in [0.25, 0.3) is 0 Å². The fourth-order valence-corrected chi connectivity index (χ4v) is 10.2. The number of amides is 1. The van der Waals surface area contributed by atoms with E-state index in [1.165, 1.54) is 44.9 Å². The second-order valence-electron chi connectivity index (χ2n) is 11.3. The first-order valence-electron chi connectivity index (χ1n) is 10.9. The van der Waals surface area contributed by atoms with Gasteiger partial charge in [-0.15, -0.1) is 0 Å². The predicted molar refractivity (Wildman–Crippen MR) is 95.2 cm³/mol. The third-order valence-corrected chi connectivity index (χ3v) is 10.1. The molecule has 0 aromatic heterocycles. The maximum atomic E-state index is 12.3.